The van der Waals surface area contributed by atoms with Gasteiger partial charge in [-0.1, -0.05) is 0 Å². The van der Waals surface area contributed by atoms with E-state index in [1.807, 2.05) is 0 Å². The molecule has 2 radical (unpaired) electrons. The van der Waals surface area contributed by atoms with Gasteiger partial charge in [-0.05, 0) is 19.8 Å². The first-order valence-corrected chi connectivity index (χ1v) is 4.36. The molecule has 0 spiro atoms. The van der Waals surface area contributed by atoms with Gasteiger partial charge >= 0.3 is 0 Å². The fraction of sp³-hybridized carbons (Fsp3) is 0.250. The fourth-order valence-electron chi connectivity index (χ4n) is 0.422. The molecule has 0 amide bonds. The van der Waals surface area contributed by atoms with Crippen LogP contribution in [0.15, 0.2) is 24.3 Å². The molecule has 96 valence electrons. The first-order valence-electron chi connectivity index (χ1n) is 4.36. The van der Waals surface area contributed by atoms with Gasteiger partial charge in [0.05, 0.1) is 0 Å². The van der Waals surface area contributed by atoms with E-state index in [4.69, 9.17) is 15.3 Å². The van der Waals surface area contributed by atoms with Crippen LogP contribution in [0.2, 0.25) is 0 Å². The van der Waals surface area contributed by atoms with E-state index >= 15 is 0 Å². The second-order valence-corrected chi connectivity index (χ2v) is 2.04. The summed E-state index contributed by atoms with van der Waals surface area (Å²) in [6.07, 6.45) is 16.0. The molecule has 0 aliphatic carbocycles. The molecule has 6 heteroatoms. The van der Waals surface area contributed by atoms with Crippen LogP contribution in [0.3, 0.4) is 0 Å². The van der Waals surface area contributed by atoms with Crippen molar-refractivity contribution >= 4 is 6.29 Å². The Morgan fingerprint density at radius 2 is 1.06 bits per heavy atom. The van der Waals surface area contributed by atoms with Crippen LogP contribution in [0, 0.1) is 24.3 Å². The third-order valence-corrected chi connectivity index (χ3v) is 0.958. The zero-order valence-electron chi connectivity index (χ0n) is 9.91. The van der Waals surface area contributed by atoms with Gasteiger partial charge in [0.1, 0.15) is 0 Å². The minimum absolute atomic E-state index is 0. The van der Waals surface area contributed by atoms with Gasteiger partial charge in [-0.15, -0.1) is 0 Å². The summed E-state index contributed by atoms with van der Waals surface area (Å²) in [5.74, 6) is 0. The van der Waals surface area contributed by atoms with Crippen molar-refractivity contribution in [2.75, 3.05) is 19.8 Å². The van der Waals surface area contributed by atoms with Crippen molar-refractivity contribution in [2.24, 2.45) is 0 Å². The number of aldehydes is 1. The number of carbonyl (C=O) groups excluding carboxylic acids is 1. The molecule has 0 unspecified atom stereocenters. The van der Waals surface area contributed by atoms with Gasteiger partial charge in [-0.2, -0.15) is 0 Å². The molecule has 0 aliphatic rings. The quantitative estimate of drug-likeness (QED) is 0.245. The van der Waals surface area contributed by atoms with Gasteiger partial charge in [-0.3, -0.25) is 0 Å². The molecular weight excluding hydrogens is 386 g/mol. The number of carbonyl (C=O) groups is 1. The second-order valence-electron chi connectivity index (χ2n) is 2.04. The average molecular weight is 400 g/mol. The van der Waals surface area contributed by atoms with Gasteiger partial charge in [-0.25, -0.2) is 0 Å². The van der Waals surface area contributed by atoms with Crippen LogP contribution >= 0.6 is 0 Å². The van der Waals surface area contributed by atoms with Crippen LogP contribution in [0.5, 0.6) is 0 Å². The Morgan fingerprint density at radius 3 is 1.33 bits per heavy atom. The summed E-state index contributed by atoms with van der Waals surface area (Å²) in [5, 5.41) is 24.3. The van der Waals surface area contributed by atoms with Crippen molar-refractivity contribution in [1.82, 2.24) is 0 Å². The summed E-state index contributed by atoms with van der Waals surface area (Å²) in [5.41, 5.74) is 0. The number of rotatable bonds is 6. The molecule has 0 rings (SSSR count). The zero-order chi connectivity index (χ0) is 12.5. The topological polar surface area (TPSA) is 77.8 Å². The minimum Gasteiger partial charge on any atom is -0.413 e. The number of hydrogen-bond donors (Lipinski definition) is 3. The number of hydrogen-bond acceptors (Lipinski definition) is 4. The van der Waals surface area contributed by atoms with E-state index in [-0.39, 0.29) is 85.2 Å². The summed E-state index contributed by atoms with van der Waals surface area (Å²) in [7, 11) is 0. The Hall–Kier alpha value is 0.718. The van der Waals surface area contributed by atoms with E-state index in [0.717, 1.165) is 0 Å². The number of aliphatic hydroxyl groups excluding tert-OH is 3. The standard InChI is InChI=1S/C6H8O2.C6H6O2.2Y/c2*7-5-3-1-2-4-6-8;;/h1-2,7-8H,5-6H2;1-2,5,8H,6H2;;/q2*-2;;. The Balaban J connectivity index is -0.0000000980. The predicted octanol–water partition coefficient (Wildman–Crippen LogP) is -0.419. The van der Waals surface area contributed by atoms with Gasteiger partial charge < -0.3 is 68.7 Å². The van der Waals surface area contributed by atoms with Crippen molar-refractivity contribution in [3.05, 3.63) is 48.6 Å². The van der Waals surface area contributed by atoms with Gasteiger partial charge in [0.15, 0.2) is 0 Å². The summed E-state index contributed by atoms with van der Waals surface area (Å²) < 4.78 is 0. The van der Waals surface area contributed by atoms with Crippen molar-refractivity contribution in [3.8, 4) is 0 Å². The Morgan fingerprint density at radius 1 is 0.722 bits per heavy atom. The molecule has 0 saturated carbocycles. The van der Waals surface area contributed by atoms with Crippen LogP contribution in [-0.4, -0.2) is 41.4 Å². The maximum absolute atomic E-state index is 9.52. The monoisotopic (exact) mass is 400 g/mol. The van der Waals surface area contributed by atoms with Crippen LogP contribution in [0.25, 0.3) is 0 Å². The smallest absolute Gasteiger partial charge is 0.0353 e. The SMILES string of the molecule is O=C[C-]=CC=[C-]CO.OC[C-]=CC=[C-]CO.[Y].[Y]. The van der Waals surface area contributed by atoms with Crippen molar-refractivity contribution < 1.29 is 85.5 Å². The molecule has 0 atom stereocenters. The number of aliphatic hydroxyl groups is 3. The van der Waals surface area contributed by atoms with E-state index in [1.54, 1.807) is 0 Å². The van der Waals surface area contributed by atoms with Crippen molar-refractivity contribution in [2.45, 2.75) is 0 Å². The van der Waals surface area contributed by atoms with Crippen LogP contribution in [0.1, 0.15) is 0 Å². The fourth-order valence-corrected chi connectivity index (χ4v) is 0.422. The van der Waals surface area contributed by atoms with E-state index in [2.05, 4.69) is 24.3 Å². The molecule has 0 aromatic carbocycles. The van der Waals surface area contributed by atoms with Gasteiger partial charge in [0.2, 0.25) is 0 Å². The summed E-state index contributed by atoms with van der Waals surface area (Å²) in [4.78, 5) is 9.52. The van der Waals surface area contributed by atoms with Crippen LogP contribution in [-0.2, 0) is 70.2 Å². The predicted molar refractivity (Wildman–Crippen MR) is 58.6 cm³/mol. The number of allylic oxidation sites excluding steroid dienone is 5. The third-order valence-electron chi connectivity index (χ3n) is 0.958. The van der Waals surface area contributed by atoms with Crippen LogP contribution in [0.4, 0.5) is 0 Å². The first kappa shape index (κ1) is 27.1. The van der Waals surface area contributed by atoms with E-state index in [0.29, 0.717) is 6.29 Å². The molecular formula is C12H14O4Y2-4. The summed E-state index contributed by atoms with van der Waals surface area (Å²) in [6, 6.07) is 0. The van der Waals surface area contributed by atoms with Crippen LogP contribution < -0.4 is 0 Å². The van der Waals surface area contributed by atoms with Crippen molar-refractivity contribution in [3.63, 3.8) is 0 Å². The molecule has 0 saturated heterocycles. The molecule has 0 aliphatic heterocycles. The molecule has 0 aromatic rings. The van der Waals surface area contributed by atoms with Gasteiger partial charge in [0.25, 0.3) is 0 Å². The normalized spacial score (nSPS) is 10.2. The first-order chi connectivity index (χ1) is 7.83. The van der Waals surface area contributed by atoms with E-state index in [9.17, 15) is 4.79 Å². The maximum atomic E-state index is 9.52. The van der Waals surface area contributed by atoms with Gasteiger partial charge in [0, 0.05) is 71.7 Å². The van der Waals surface area contributed by atoms with E-state index in [1.165, 1.54) is 24.3 Å². The minimum atomic E-state index is -0.128. The Labute approximate surface area is 158 Å². The maximum Gasteiger partial charge on any atom is 0.0353 e. The molecule has 4 nitrogen and oxygen atoms in total. The summed E-state index contributed by atoms with van der Waals surface area (Å²) >= 11 is 0. The Bertz CT molecular complexity index is 236. The summed E-state index contributed by atoms with van der Waals surface area (Å²) in [6.45, 7) is -0.315. The molecule has 0 bridgehead atoms. The molecule has 3 N–H and O–H groups in total. The van der Waals surface area contributed by atoms with Crippen molar-refractivity contribution in [1.29, 1.82) is 0 Å². The average Bonchev–Trinajstić information content (AvgIpc) is 2.31. The zero-order valence-corrected chi connectivity index (χ0v) is 15.6. The molecule has 18 heavy (non-hydrogen) atoms. The molecule has 0 heterocycles. The third kappa shape index (κ3) is 36.0. The Kier molecular flexibility index (Phi) is 46.1. The second kappa shape index (κ2) is 30.6. The molecule has 0 fully saturated rings. The largest absolute Gasteiger partial charge is 0.413 e. The van der Waals surface area contributed by atoms with E-state index < -0.39 is 0 Å². The molecule has 0 aromatic heterocycles.